The molecule has 1 saturated carbocycles. The molecule has 5 heteroatoms. The van der Waals surface area contributed by atoms with Crippen LogP contribution in [0.15, 0.2) is 91.0 Å². The first kappa shape index (κ1) is 28.8. The van der Waals surface area contributed by atoms with E-state index < -0.39 is 11.6 Å². The summed E-state index contributed by atoms with van der Waals surface area (Å²) in [4.78, 5) is 13.3. The van der Waals surface area contributed by atoms with Gasteiger partial charge in [-0.1, -0.05) is 105 Å². The molecule has 0 aromatic heterocycles. The molecule has 0 heterocycles. The van der Waals surface area contributed by atoms with E-state index in [1.165, 1.54) is 5.56 Å². The third-order valence-electron chi connectivity index (χ3n) is 8.32. The third-order valence-corrected chi connectivity index (χ3v) is 8.32. The number of carbonyl (C=O) groups is 1. The molecule has 1 fully saturated rings. The van der Waals surface area contributed by atoms with Crippen LogP contribution in [-0.2, 0) is 5.60 Å². The Balaban J connectivity index is 1.31. The highest BCUT2D eigenvalue weighted by atomic mass is 16.3. The summed E-state index contributed by atoms with van der Waals surface area (Å²) >= 11 is 0. The molecular formula is C34H45N3O2. The number of hydrogen-bond acceptors (Lipinski definition) is 3. The summed E-state index contributed by atoms with van der Waals surface area (Å²) in [5, 5.41) is 22.3. The molecule has 0 unspecified atom stereocenters. The molecule has 1 aliphatic carbocycles. The Bertz CT molecular complexity index is 1090. The minimum absolute atomic E-state index is 0.00248. The molecule has 39 heavy (non-hydrogen) atoms. The van der Waals surface area contributed by atoms with E-state index in [0.717, 1.165) is 49.8 Å². The van der Waals surface area contributed by atoms with Crippen molar-refractivity contribution in [2.75, 3.05) is 6.54 Å². The van der Waals surface area contributed by atoms with E-state index in [1.54, 1.807) is 0 Å². The highest BCUT2D eigenvalue weighted by molar-refractivity contribution is 5.75. The second-order valence-corrected chi connectivity index (χ2v) is 11.4. The van der Waals surface area contributed by atoms with Gasteiger partial charge in [-0.05, 0) is 74.1 Å². The fourth-order valence-electron chi connectivity index (χ4n) is 5.99. The number of amides is 2. The molecule has 0 saturated heterocycles. The largest absolute Gasteiger partial charge is 0.378 e. The number of rotatable bonds is 11. The van der Waals surface area contributed by atoms with Crippen LogP contribution in [0, 0.1) is 11.8 Å². The van der Waals surface area contributed by atoms with Gasteiger partial charge >= 0.3 is 6.03 Å². The zero-order valence-corrected chi connectivity index (χ0v) is 23.6. The molecule has 1 aliphatic rings. The number of carbonyl (C=O) groups excluding carboxylic acids is 1. The van der Waals surface area contributed by atoms with Crippen molar-refractivity contribution < 1.29 is 9.90 Å². The van der Waals surface area contributed by atoms with Crippen LogP contribution < -0.4 is 16.0 Å². The van der Waals surface area contributed by atoms with Crippen LogP contribution in [-0.4, -0.2) is 29.8 Å². The Hall–Kier alpha value is -3.15. The van der Waals surface area contributed by atoms with Crippen LogP contribution in [0.2, 0.25) is 0 Å². The van der Waals surface area contributed by atoms with Gasteiger partial charge in [-0.15, -0.1) is 0 Å². The molecule has 0 spiro atoms. The Kier molecular flexibility index (Phi) is 10.2. The quantitative estimate of drug-likeness (QED) is 0.229. The number of benzene rings is 3. The molecule has 0 bridgehead atoms. The van der Waals surface area contributed by atoms with Crippen molar-refractivity contribution in [3.63, 3.8) is 0 Å². The van der Waals surface area contributed by atoms with E-state index in [0.29, 0.717) is 12.0 Å². The lowest BCUT2D eigenvalue weighted by Crippen LogP contribution is -2.57. The van der Waals surface area contributed by atoms with Crippen LogP contribution in [0.1, 0.15) is 75.6 Å². The maximum atomic E-state index is 13.3. The van der Waals surface area contributed by atoms with Crippen LogP contribution in [0.25, 0.3) is 0 Å². The van der Waals surface area contributed by atoms with Crippen molar-refractivity contribution in [1.29, 1.82) is 0 Å². The minimum atomic E-state index is -1.35. The van der Waals surface area contributed by atoms with Crippen molar-refractivity contribution in [3.8, 4) is 0 Å². The maximum Gasteiger partial charge on any atom is 0.315 e. The summed E-state index contributed by atoms with van der Waals surface area (Å²) in [6.45, 7) is 7.31. The van der Waals surface area contributed by atoms with E-state index in [-0.39, 0.29) is 18.0 Å². The van der Waals surface area contributed by atoms with E-state index in [1.807, 2.05) is 74.5 Å². The van der Waals surface area contributed by atoms with Gasteiger partial charge in [0.05, 0.1) is 6.04 Å². The minimum Gasteiger partial charge on any atom is -0.378 e. The van der Waals surface area contributed by atoms with Gasteiger partial charge < -0.3 is 21.1 Å². The van der Waals surface area contributed by atoms with Gasteiger partial charge in [0.15, 0.2) is 0 Å². The summed E-state index contributed by atoms with van der Waals surface area (Å²) in [5.41, 5.74) is 1.51. The van der Waals surface area contributed by atoms with Gasteiger partial charge in [-0.3, -0.25) is 0 Å². The Labute approximate surface area is 234 Å². The normalized spacial score (nSPS) is 19.3. The summed E-state index contributed by atoms with van der Waals surface area (Å²) < 4.78 is 0. The fourth-order valence-corrected chi connectivity index (χ4v) is 5.99. The van der Waals surface area contributed by atoms with Gasteiger partial charge in [-0.2, -0.15) is 0 Å². The van der Waals surface area contributed by atoms with Crippen LogP contribution in [0.4, 0.5) is 4.79 Å². The standard InChI is InChI=1S/C34H45N3O2/c1-25(2)32(34(39,29-15-9-5-10-16-29)30-17-11-6-12-18-30)37-33(38)36-31-21-19-27(20-22-31)23-24-35-26(3)28-13-7-4-8-14-28/h4-18,25-27,31-32,35,39H,19-24H2,1-3H3,(H2,36,37,38)/t26-,27-,31-,32+/m1/s1. The Morgan fingerprint density at radius 2 is 1.33 bits per heavy atom. The van der Waals surface area contributed by atoms with E-state index in [9.17, 15) is 9.90 Å². The predicted molar refractivity (Wildman–Crippen MR) is 159 cm³/mol. The lowest BCUT2D eigenvalue weighted by molar-refractivity contribution is 0.0232. The molecule has 5 nitrogen and oxygen atoms in total. The SMILES string of the molecule is CC(C)[C@H](NC(=O)N[C@H]1CC[C@H](CCN[C@H](C)c2ccccc2)CC1)C(O)(c1ccccc1)c1ccccc1. The van der Waals surface area contributed by atoms with Gasteiger partial charge in [0, 0.05) is 12.1 Å². The van der Waals surface area contributed by atoms with Crippen molar-refractivity contribution in [2.24, 2.45) is 11.8 Å². The molecule has 4 rings (SSSR count). The molecule has 208 valence electrons. The average Bonchev–Trinajstić information content (AvgIpc) is 2.97. The van der Waals surface area contributed by atoms with Gasteiger partial charge in [0.1, 0.15) is 5.60 Å². The lowest BCUT2D eigenvalue weighted by Gasteiger charge is -2.40. The van der Waals surface area contributed by atoms with Gasteiger partial charge in [0.2, 0.25) is 0 Å². The zero-order valence-electron chi connectivity index (χ0n) is 23.6. The van der Waals surface area contributed by atoms with E-state index in [4.69, 9.17) is 0 Å². The van der Waals surface area contributed by atoms with E-state index in [2.05, 4.69) is 53.2 Å². The molecule has 3 aromatic carbocycles. The fraction of sp³-hybridized carbons (Fsp3) is 0.441. The number of hydrogen-bond donors (Lipinski definition) is 4. The molecule has 0 aliphatic heterocycles. The van der Waals surface area contributed by atoms with Crippen molar-refractivity contribution in [3.05, 3.63) is 108 Å². The van der Waals surface area contributed by atoms with Gasteiger partial charge in [-0.25, -0.2) is 4.79 Å². The Morgan fingerprint density at radius 1 is 0.821 bits per heavy atom. The maximum absolute atomic E-state index is 13.3. The van der Waals surface area contributed by atoms with Crippen molar-refractivity contribution in [1.82, 2.24) is 16.0 Å². The van der Waals surface area contributed by atoms with Crippen molar-refractivity contribution >= 4 is 6.03 Å². The first-order valence-corrected chi connectivity index (χ1v) is 14.6. The second-order valence-electron chi connectivity index (χ2n) is 11.4. The first-order valence-electron chi connectivity index (χ1n) is 14.6. The zero-order chi connectivity index (χ0) is 27.7. The third kappa shape index (κ3) is 7.49. The number of urea groups is 1. The van der Waals surface area contributed by atoms with Crippen LogP contribution in [0.5, 0.6) is 0 Å². The molecule has 3 aromatic rings. The summed E-state index contributed by atoms with van der Waals surface area (Å²) in [6, 6.07) is 29.7. The Morgan fingerprint density at radius 3 is 1.85 bits per heavy atom. The highest BCUT2D eigenvalue weighted by Gasteiger charge is 2.43. The number of aliphatic hydroxyl groups is 1. The molecule has 4 N–H and O–H groups in total. The average molecular weight is 528 g/mol. The van der Waals surface area contributed by atoms with Crippen LogP contribution in [0.3, 0.4) is 0 Å². The first-order chi connectivity index (χ1) is 18.9. The summed E-state index contributed by atoms with van der Waals surface area (Å²) in [6.07, 6.45) is 5.38. The van der Waals surface area contributed by atoms with Crippen LogP contribution >= 0.6 is 0 Å². The second kappa shape index (κ2) is 13.8. The molecule has 0 radical (unpaired) electrons. The molecule has 2 amide bonds. The topological polar surface area (TPSA) is 73.4 Å². The lowest BCUT2D eigenvalue weighted by atomic mass is 9.76. The molecular weight excluding hydrogens is 482 g/mol. The monoisotopic (exact) mass is 527 g/mol. The predicted octanol–water partition coefficient (Wildman–Crippen LogP) is 6.55. The highest BCUT2D eigenvalue weighted by Crippen LogP contribution is 2.36. The number of nitrogens with one attached hydrogen (secondary N) is 3. The smallest absolute Gasteiger partial charge is 0.315 e. The van der Waals surface area contributed by atoms with Gasteiger partial charge in [0.25, 0.3) is 0 Å². The summed E-state index contributed by atoms with van der Waals surface area (Å²) in [5.74, 6) is 0.689. The molecule has 2 atom stereocenters. The summed E-state index contributed by atoms with van der Waals surface area (Å²) in [7, 11) is 0. The van der Waals surface area contributed by atoms with Crippen molar-refractivity contribution in [2.45, 2.75) is 76.6 Å². The van der Waals surface area contributed by atoms with E-state index >= 15 is 0 Å².